The van der Waals surface area contributed by atoms with Gasteiger partial charge in [0, 0.05) is 42.1 Å². The zero-order valence-electron chi connectivity index (χ0n) is 17.2. The number of rotatable bonds is 7. The Bertz CT molecular complexity index is 1160. The van der Waals surface area contributed by atoms with Gasteiger partial charge in [-0.1, -0.05) is 30.7 Å². The van der Waals surface area contributed by atoms with E-state index in [1.807, 2.05) is 48.7 Å². The standard InChI is InChI=1S/C24H23ClN4O2/c1-2-14-28(21-9-12-26-13-10-21)29-15-11-19-16-22(7-8-23(19)29)31-24(30)27-17-18-3-5-20(25)6-4-18/h3-13,15-16H,2,14,17H2,1H3,(H,27,30). The van der Waals surface area contributed by atoms with Gasteiger partial charge >= 0.3 is 6.09 Å². The van der Waals surface area contributed by atoms with E-state index in [1.165, 1.54) is 0 Å². The molecule has 4 rings (SSSR count). The quantitative estimate of drug-likeness (QED) is 0.408. The number of ether oxygens (including phenoxy) is 1. The van der Waals surface area contributed by atoms with Gasteiger partial charge in [0.2, 0.25) is 0 Å². The van der Waals surface area contributed by atoms with Crippen molar-refractivity contribution in [3.8, 4) is 5.75 Å². The normalized spacial score (nSPS) is 10.8. The number of halogens is 1. The van der Waals surface area contributed by atoms with Crippen molar-refractivity contribution in [2.75, 3.05) is 11.6 Å². The average Bonchev–Trinajstić information content (AvgIpc) is 3.20. The summed E-state index contributed by atoms with van der Waals surface area (Å²) in [5.74, 6) is 0.491. The molecule has 0 radical (unpaired) electrons. The van der Waals surface area contributed by atoms with Crippen LogP contribution in [0.4, 0.5) is 10.5 Å². The average molecular weight is 435 g/mol. The molecule has 1 N–H and O–H groups in total. The first-order valence-corrected chi connectivity index (χ1v) is 10.5. The van der Waals surface area contributed by atoms with Crippen LogP contribution >= 0.6 is 11.6 Å². The van der Waals surface area contributed by atoms with Gasteiger partial charge in [-0.25, -0.2) is 4.79 Å². The number of aromatic nitrogens is 2. The Balaban J connectivity index is 1.47. The fraction of sp³-hybridized carbons (Fsp3) is 0.167. The highest BCUT2D eigenvalue weighted by atomic mass is 35.5. The van der Waals surface area contributed by atoms with E-state index in [1.54, 1.807) is 30.6 Å². The van der Waals surface area contributed by atoms with Gasteiger partial charge < -0.3 is 10.1 Å². The minimum absolute atomic E-state index is 0.368. The Morgan fingerprint density at radius 2 is 1.87 bits per heavy atom. The molecular formula is C24H23ClN4O2. The molecular weight excluding hydrogens is 412 g/mol. The number of benzene rings is 2. The molecule has 1 amide bonds. The molecule has 7 heteroatoms. The van der Waals surface area contributed by atoms with Crippen molar-refractivity contribution in [3.63, 3.8) is 0 Å². The minimum atomic E-state index is -0.502. The van der Waals surface area contributed by atoms with Crippen LogP contribution in [0.1, 0.15) is 18.9 Å². The fourth-order valence-electron chi connectivity index (χ4n) is 3.39. The predicted octanol–water partition coefficient (Wildman–Crippen LogP) is 5.66. The third-order valence-electron chi connectivity index (χ3n) is 4.86. The lowest BCUT2D eigenvalue weighted by atomic mass is 10.2. The van der Waals surface area contributed by atoms with Gasteiger partial charge in [0.15, 0.2) is 0 Å². The molecule has 0 fully saturated rings. The van der Waals surface area contributed by atoms with E-state index in [0.717, 1.165) is 35.1 Å². The monoisotopic (exact) mass is 434 g/mol. The zero-order chi connectivity index (χ0) is 21.6. The lowest BCUT2D eigenvalue weighted by molar-refractivity contribution is 0.200. The summed E-state index contributed by atoms with van der Waals surface area (Å²) >= 11 is 5.88. The second-order valence-corrected chi connectivity index (χ2v) is 7.52. The fourth-order valence-corrected chi connectivity index (χ4v) is 3.51. The summed E-state index contributed by atoms with van der Waals surface area (Å²) in [5, 5.41) is 6.60. The maximum absolute atomic E-state index is 12.2. The van der Waals surface area contributed by atoms with Gasteiger partial charge in [0.05, 0.1) is 11.2 Å². The molecule has 31 heavy (non-hydrogen) atoms. The molecule has 0 aliphatic carbocycles. The molecule has 0 spiro atoms. The van der Waals surface area contributed by atoms with Crippen LogP contribution in [0, 0.1) is 0 Å². The topological polar surface area (TPSA) is 59.4 Å². The maximum atomic E-state index is 12.2. The van der Waals surface area contributed by atoms with Crippen molar-refractivity contribution in [2.45, 2.75) is 19.9 Å². The molecule has 158 valence electrons. The lowest BCUT2D eigenvalue weighted by Gasteiger charge is -2.26. The summed E-state index contributed by atoms with van der Waals surface area (Å²) in [4.78, 5) is 16.3. The van der Waals surface area contributed by atoms with E-state index >= 15 is 0 Å². The highest BCUT2D eigenvalue weighted by Gasteiger charge is 2.12. The maximum Gasteiger partial charge on any atom is 0.412 e. The summed E-state index contributed by atoms with van der Waals surface area (Å²) in [7, 11) is 0. The SMILES string of the molecule is CCCN(c1ccncc1)n1ccc2cc(OC(=O)NCc3ccc(Cl)cc3)ccc21. The number of nitrogens with zero attached hydrogens (tertiary/aromatic N) is 3. The number of anilines is 1. The Hall–Kier alpha value is -3.51. The van der Waals surface area contributed by atoms with E-state index in [-0.39, 0.29) is 0 Å². The third-order valence-corrected chi connectivity index (χ3v) is 5.11. The molecule has 6 nitrogen and oxygen atoms in total. The Morgan fingerprint density at radius 3 is 2.61 bits per heavy atom. The summed E-state index contributed by atoms with van der Waals surface area (Å²) in [5.41, 5.74) is 3.04. The third kappa shape index (κ3) is 4.98. The second-order valence-electron chi connectivity index (χ2n) is 7.08. The van der Waals surface area contributed by atoms with E-state index in [4.69, 9.17) is 16.3 Å². The number of pyridine rings is 1. The molecule has 0 saturated carbocycles. The van der Waals surface area contributed by atoms with Gasteiger partial charge in [-0.2, -0.15) is 0 Å². The first kappa shape index (κ1) is 20.8. The van der Waals surface area contributed by atoms with Crippen molar-refractivity contribution in [2.24, 2.45) is 0 Å². The number of carbonyl (C=O) groups excluding carboxylic acids is 1. The van der Waals surface area contributed by atoms with Crippen LogP contribution in [0.15, 0.2) is 79.3 Å². The summed E-state index contributed by atoms with van der Waals surface area (Å²) in [6.45, 7) is 3.38. The van der Waals surface area contributed by atoms with Gasteiger partial charge in [0.25, 0.3) is 0 Å². The molecule has 2 heterocycles. The molecule has 0 aliphatic rings. The van der Waals surface area contributed by atoms with Gasteiger partial charge in [-0.05, 0) is 60.5 Å². The summed E-state index contributed by atoms with van der Waals surface area (Å²) < 4.78 is 7.57. The summed E-state index contributed by atoms with van der Waals surface area (Å²) in [6.07, 6.45) is 6.09. The molecule has 0 aliphatic heterocycles. The van der Waals surface area contributed by atoms with Crippen LogP contribution in [-0.2, 0) is 6.54 Å². The number of amides is 1. The predicted molar refractivity (Wildman–Crippen MR) is 124 cm³/mol. The Kier molecular flexibility index (Phi) is 6.38. The van der Waals surface area contributed by atoms with Crippen molar-refractivity contribution < 1.29 is 9.53 Å². The smallest absolute Gasteiger partial charge is 0.410 e. The van der Waals surface area contributed by atoms with Crippen LogP contribution in [0.25, 0.3) is 10.9 Å². The highest BCUT2D eigenvalue weighted by molar-refractivity contribution is 6.30. The van der Waals surface area contributed by atoms with Crippen molar-refractivity contribution >= 4 is 34.3 Å². The molecule has 2 aromatic carbocycles. The highest BCUT2D eigenvalue weighted by Crippen LogP contribution is 2.25. The van der Waals surface area contributed by atoms with Gasteiger partial charge in [-0.15, -0.1) is 0 Å². The number of fused-ring (bicyclic) bond motifs is 1. The van der Waals surface area contributed by atoms with Crippen LogP contribution in [0.3, 0.4) is 0 Å². The molecule has 4 aromatic rings. The van der Waals surface area contributed by atoms with Crippen molar-refractivity contribution in [1.29, 1.82) is 0 Å². The van der Waals surface area contributed by atoms with E-state index < -0.39 is 6.09 Å². The molecule has 0 atom stereocenters. The molecule has 0 saturated heterocycles. The molecule has 0 bridgehead atoms. The number of hydrogen-bond acceptors (Lipinski definition) is 4. The van der Waals surface area contributed by atoms with Crippen LogP contribution in [0.2, 0.25) is 5.02 Å². The van der Waals surface area contributed by atoms with Crippen LogP contribution in [0.5, 0.6) is 5.75 Å². The number of carbonyl (C=O) groups is 1. The number of nitrogens with one attached hydrogen (secondary N) is 1. The Labute approximate surface area is 186 Å². The minimum Gasteiger partial charge on any atom is -0.410 e. The first-order chi connectivity index (χ1) is 15.1. The largest absolute Gasteiger partial charge is 0.412 e. The second kappa shape index (κ2) is 9.53. The Morgan fingerprint density at radius 1 is 1.10 bits per heavy atom. The van der Waals surface area contributed by atoms with Gasteiger partial charge in [0.1, 0.15) is 5.75 Å². The van der Waals surface area contributed by atoms with Crippen LogP contribution in [-0.4, -0.2) is 22.3 Å². The number of hydrogen-bond donors (Lipinski definition) is 1. The van der Waals surface area contributed by atoms with Crippen molar-refractivity contribution in [3.05, 3.63) is 89.8 Å². The van der Waals surface area contributed by atoms with Crippen LogP contribution < -0.4 is 15.1 Å². The molecule has 0 unspecified atom stereocenters. The van der Waals surface area contributed by atoms with Crippen molar-refractivity contribution in [1.82, 2.24) is 15.0 Å². The van der Waals surface area contributed by atoms with E-state index in [2.05, 4.69) is 26.9 Å². The van der Waals surface area contributed by atoms with E-state index in [9.17, 15) is 4.79 Å². The zero-order valence-corrected chi connectivity index (χ0v) is 17.9. The molecule has 2 aromatic heterocycles. The van der Waals surface area contributed by atoms with E-state index in [0.29, 0.717) is 17.3 Å². The first-order valence-electron chi connectivity index (χ1n) is 10.1. The lowest BCUT2D eigenvalue weighted by Crippen LogP contribution is -2.29. The summed E-state index contributed by atoms with van der Waals surface area (Å²) in [6, 6.07) is 18.9. The van der Waals surface area contributed by atoms with Gasteiger partial charge in [-0.3, -0.25) is 14.7 Å².